The molecule has 0 unspecified atom stereocenters. The third-order valence-corrected chi connectivity index (χ3v) is 7.47. The lowest BCUT2D eigenvalue weighted by atomic mass is 10.1. The number of anilines is 1. The van der Waals surface area contributed by atoms with E-state index in [-0.39, 0.29) is 17.0 Å². The zero-order valence-corrected chi connectivity index (χ0v) is 23.9. The highest BCUT2D eigenvalue weighted by atomic mass is 35.5. The van der Waals surface area contributed by atoms with Gasteiger partial charge in [-0.1, -0.05) is 43.6 Å². The molecule has 0 aliphatic rings. The summed E-state index contributed by atoms with van der Waals surface area (Å²) in [6, 6.07) is 10.5. The number of alkyl halides is 3. The lowest BCUT2D eigenvalue weighted by molar-refractivity contribution is -0.137. The molecule has 40 heavy (non-hydrogen) atoms. The van der Waals surface area contributed by atoms with Gasteiger partial charge in [0, 0.05) is 25.2 Å². The number of likely N-dealkylation sites (N-methyl/N-ethyl adjacent to an activating group) is 1. The second-order valence-electron chi connectivity index (χ2n) is 8.92. The molecule has 0 atom stereocenters. The van der Waals surface area contributed by atoms with E-state index >= 15 is 0 Å². The number of amides is 2. The number of thiophene rings is 1. The second kappa shape index (κ2) is 14.4. The van der Waals surface area contributed by atoms with Gasteiger partial charge in [-0.15, -0.1) is 11.3 Å². The van der Waals surface area contributed by atoms with E-state index in [9.17, 15) is 22.8 Å². The number of carbonyl (C=O) groups excluding carboxylic acids is 2. The van der Waals surface area contributed by atoms with Crippen molar-refractivity contribution in [2.75, 3.05) is 31.5 Å². The van der Waals surface area contributed by atoms with E-state index in [2.05, 4.69) is 39.9 Å². The molecule has 2 amide bonds. The summed E-state index contributed by atoms with van der Waals surface area (Å²) in [6.07, 6.45) is -3.53. The van der Waals surface area contributed by atoms with E-state index < -0.39 is 22.7 Å². The Morgan fingerprint density at radius 2 is 1.85 bits per heavy atom. The van der Waals surface area contributed by atoms with Crippen molar-refractivity contribution in [3.8, 4) is 0 Å². The number of carbonyl (C=O) groups is 2. The first kappa shape index (κ1) is 31.3. The summed E-state index contributed by atoms with van der Waals surface area (Å²) in [7, 11) is 0. The minimum atomic E-state index is -4.62. The van der Waals surface area contributed by atoms with Crippen LogP contribution in [0.15, 0.2) is 52.9 Å². The zero-order chi connectivity index (χ0) is 29.3. The predicted molar refractivity (Wildman–Crippen MR) is 154 cm³/mol. The Morgan fingerprint density at radius 1 is 1.10 bits per heavy atom. The molecule has 3 rings (SSSR count). The van der Waals surface area contributed by atoms with Crippen LogP contribution >= 0.6 is 22.9 Å². The van der Waals surface area contributed by atoms with Gasteiger partial charge in [-0.25, -0.2) is 5.43 Å². The summed E-state index contributed by atoms with van der Waals surface area (Å²) in [4.78, 5) is 28.2. The van der Waals surface area contributed by atoms with Crippen molar-refractivity contribution in [3.63, 3.8) is 0 Å². The largest absolute Gasteiger partial charge is 0.417 e. The lowest BCUT2D eigenvalue weighted by Gasteiger charge is -2.18. The maximum atomic E-state index is 13.1. The van der Waals surface area contributed by atoms with Crippen molar-refractivity contribution in [3.05, 3.63) is 86.2 Å². The summed E-state index contributed by atoms with van der Waals surface area (Å²) < 4.78 is 39.3. The molecule has 3 aromatic rings. The molecule has 0 aliphatic heterocycles. The average molecular weight is 594 g/mol. The molecule has 3 N–H and O–H groups in total. The average Bonchev–Trinajstić information content (AvgIpc) is 3.28. The Hall–Kier alpha value is -3.25. The zero-order valence-electron chi connectivity index (χ0n) is 22.4. The van der Waals surface area contributed by atoms with Gasteiger partial charge in [-0.3, -0.25) is 9.59 Å². The lowest BCUT2D eigenvalue weighted by Crippen LogP contribution is -2.31. The quantitative estimate of drug-likeness (QED) is 0.133. The molecule has 0 fully saturated rings. The smallest absolute Gasteiger partial charge is 0.313 e. The number of nitrogens with zero attached hydrogens (tertiary/aromatic N) is 2. The SMILES string of the molecule is CCN(CC)CCNCc1cccc(C(=O)Nc2scc(C)c2C(=O)NN=Cc2ccc(Cl)c(C(F)(F)F)c2)c1. The molecule has 1 heterocycles. The molecule has 0 bridgehead atoms. The van der Waals surface area contributed by atoms with Crippen LogP contribution in [0, 0.1) is 6.92 Å². The molecule has 2 aromatic carbocycles. The van der Waals surface area contributed by atoms with Crippen LogP contribution in [0.2, 0.25) is 5.02 Å². The van der Waals surface area contributed by atoms with Crippen LogP contribution in [-0.4, -0.2) is 49.1 Å². The van der Waals surface area contributed by atoms with E-state index in [1.165, 1.54) is 17.4 Å². The second-order valence-corrected chi connectivity index (χ2v) is 10.2. The van der Waals surface area contributed by atoms with E-state index in [0.717, 1.165) is 50.1 Å². The topological polar surface area (TPSA) is 85.8 Å². The molecule has 1 aromatic heterocycles. The molecule has 0 spiro atoms. The summed E-state index contributed by atoms with van der Waals surface area (Å²) in [5.41, 5.74) is 3.66. The first-order chi connectivity index (χ1) is 19.0. The number of aryl methyl sites for hydroxylation is 1. The van der Waals surface area contributed by atoms with Crippen molar-refractivity contribution in [2.24, 2.45) is 5.10 Å². The summed E-state index contributed by atoms with van der Waals surface area (Å²) in [5.74, 6) is -0.980. The standard InChI is InChI=1S/C28H31ClF3N5O2S/c1-4-37(5-2)12-11-33-15-19-7-6-8-21(13-19)25(38)35-27-24(18(3)17-40-27)26(39)36-34-16-20-9-10-23(29)22(14-20)28(30,31)32/h6-10,13-14,16-17,33H,4-5,11-12,15H2,1-3H3,(H,35,38)(H,36,39). The van der Waals surface area contributed by atoms with Gasteiger partial charge in [0.2, 0.25) is 0 Å². The van der Waals surface area contributed by atoms with E-state index in [1.807, 2.05) is 6.07 Å². The fourth-order valence-corrected chi connectivity index (χ4v) is 5.05. The van der Waals surface area contributed by atoms with Crippen LogP contribution < -0.4 is 16.1 Å². The van der Waals surface area contributed by atoms with Crippen LogP contribution in [-0.2, 0) is 12.7 Å². The number of hydrogen-bond acceptors (Lipinski definition) is 6. The van der Waals surface area contributed by atoms with Gasteiger partial charge in [0.15, 0.2) is 0 Å². The third-order valence-electron chi connectivity index (χ3n) is 6.12. The van der Waals surface area contributed by atoms with Crippen molar-refractivity contribution in [1.82, 2.24) is 15.6 Å². The maximum Gasteiger partial charge on any atom is 0.417 e. The van der Waals surface area contributed by atoms with Gasteiger partial charge in [0.1, 0.15) is 5.00 Å². The molecular formula is C28H31ClF3N5O2S. The van der Waals surface area contributed by atoms with Gasteiger partial charge in [0.05, 0.1) is 22.4 Å². The number of hydrogen-bond donors (Lipinski definition) is 3. The van der Waals surface area contributed by atoms with Crippen molar-refractivity contribution in [1.29, 1.82) is 0 Å². The Kier molecular flexibility index (Phi) is 11.3. The highest BCUT2D eigenvalue weighted by molar-refractivity contribution is 7.15. The number of halogens is 4. The normalized spacial score (nSPS) is 11.8. The Bertz CT molecular complexity index is 1360. The maximum absolute atomic E-state index is 13.1. The Balaban J connectivity index is 1.63. The summed E-state index contributed by atoms with van der Waals surface area (Å²) in [6.45, 7) is 10.3. The minimum absolute atomic E-state index is 0.106. The monoisotopic (exact) mass is 593 g/mol. The number of benzene rings is 2. The Morgan fingerprint density at radius 3 is 2.55 bits per heavy atom. The van der Waals surface area contributed by atoms with E-state index in [0.29, 0.717) is 22.7 Å². The van der Waals surface area contributed by atoms with Crippen LogP contribution in [0.3, 0.4) is 0 Å². The predicted octanol–water partition coefficient (Wildman–Crippen LogP) is 6.18. The molecule has 0 radical (unpaired) electrons. The number of nitrogens with one attached hydrogen (secondary N) is 3. The number of rotatable bonds is 12. The van der Waals surface area contributed by atoms with Crippen molar-refractivity contribution >= 4 is 46.0 Å². The summed E-state index contributed by atoms with van der Waals surface area (Å²) in [5, 5.41) is 11.6. The molecular weight excluding hydrogens is 563 g/mol. The fourth-order valence-electron chi connectivity index (χ4n) is 3.89. The van der Waals surface area contributed by atoms with E-state index in [4.69, 9.17) is 11.6 Å². The Labute approximate surface area is 240 Å². The molecule has 0 saturated heterocycles. The van der Waals surface area contributed by atoms with Crippen LogP contribution in [0.5, 0.6) is 0 Å². The van der Waals surface area contributed by atoms with Gasteiger partial charge >= 0.3 is 6.18 Å². The van der Waals surface area contributed by atoms with Crippen LogP contribution in [0.4, 0.5) is 18.2 Å². The van der Waals surface area contributed by atoms with Crippen molar-refractivity contribution < 1.29 is 22.8 Å². The third kappa shape index (κ3) is 8.62. The molecule has 12 heteroatoms. The van der Waals surface area contributed by atoms with Crippen molar-refractivity contribution in [2.45, 2.75) is 33.5 Å². The highest BCUT2D eigenvalue weighted by Gasteiger charge is 2.33. The number of hydrazone groups is 1. The molecule has 0 saturated carbocycles. The molecule has 7 nitrogen and oxygen atoms in total. The highest BCUT2D eigenvalue weighted by Crippen LogP contribution is 2.35. The van der Waals surface area contributed by atoms with Gasteiger partial charge < -0.3 is 15.5 Å². The molecule has 214 valence electrons. The van der Waals surface area contributed by atoms with E-state index in [1.54, 1.807) is 30.5 Å². The van der Waals surface area contributed by atoms with Crippen LogP contribution in [0.1, 0.15) is 56.8 Å². The van der Waals surface area contributed by atoms with Gasteiger partial charge in [-0.2, -0.15) is 18.3 Å². The first-order valence-corrected chi connectivity index (χ1v) is 13.9. The van der Waals surface area contributed by atoms with Crippen LogP contribution in [0.25, 0.3) is 0 Å². The van der Waals surface area contributed by atoms with Gasteiger partial charge in [0.25, 0.3) is 11.8 Å². The van der Waals surface area contributed by atoms with Gasteiger partial charge in [-0.05, 0) is 66.3 Å². The summed E-state index contributed by atoms with van der Waals surface area (Å²) >= 11 is 6.83. The first-order valence-electron chi connectivity index (χ1n) is 12.6. The molecule has 0 aliphatic carbocycles. The minimum Gasteiger partial charge on any atom is -0.313 e. The fraction of sp³-hybridized carbons (Fsp3) is 0.321.